The van der Waals surface area contributed by atoms with Crippen LogP contribution in [0.3, 0.4) is 0 Å². The highest BCUT2D eigenvalue weighted by atomic mass is 35.5. The number of carbonyl (C=O) groups excluding carboxylic acids is 1. The van der Waals surface area contributed by atoms with Crippen LogP contribution in [-0.2, 0) is 0 Å². The average Bonchev–Trinajstić information content (AvgIpc) is 3.08. The third-order valence-electron chi connectivity index (χ3n) is 4.36. The molecule has 1 aliphatic heterocycles. The van der Waals surface area contributed by atoms with E-state index in [1.807, 2.05) is 6.92 Å². The summed E-state index contributed by atoms with van der Waals surface area (Å²) in [4.78, 5) is 17.9. The Hall–Kier alpha value is -0.360. The number of rotatable bonds is 3. The van der Waals surface area contributed by atoms with Gasteiger partial charge in [-0.05, 0) is 39.2 Å². The number of nitrogens with zero attached hydrogens (tertiary/aromatic N) is 1. The van der Waals surface area contributed by atoms with Gasteiger partial charge in [0.05, 0.1) is 10.7 Å². The molecule has 126 valence electrons. The van der Waals surface area contributed by atoms with E-state index in [1.165, 1.54) is 30.7 Å². The van der Waals surface area contributed by atoms with Gasteiger partial charge in [-0.25, -0.2) is 4.98 Å². The van der Waals surface area contributed by atoms with E-state index in [9.17, 15) is 4.79 Å². The highest BCUT2D eigenvalue weighted by molar-refractivity contribution is 7.13. The lowest BCUT2D eigenvalue weighted by Crippen LogP contribution is -2.45. The first kappa shape index (κ1) is 19.7. The Morgan fingerprint density at radius 1 is 1.23 bits per heavy atom. The first-order valence-corrected chi connectivity index (χ1v) is 8.54. The molecule has 3 rings (SSSR count). The van der Waals surface area contributed by atoms with Gasteiger partial charge < -0.3 is 10.6 Å². The molecule has 0 spiro atoms. The highest BCUT2D eigenvalue weighted by Gasteiger charge is 2.25. The van der Waals surface area contributed by atoms with Crippen molar-refractivity contribution in [2.45, 2.75) is 57.4 Å². The zero-order valence-corrected chi connectivity index (χ0v) is 15.3. The molecule has 1 aromatic heterocycles. The van der Waals surface area contributed by atoms with Crippen LogP contribution in [0.25, 0.3) is 0 Å². The Balaban J connectivity index is 0.00000121. The molecule has 2 N–H and O–H groups in total. The number of amides is 1. The summed E-state index contributed by atoms with van der Waals surface area (Å²) in [5, 5.41) is 7.65. The maximum absolute atomic E-state index is 12.4. The molecule has 7 heteroatoms. The number of halogens is 2. The summed E-state index contributed by atoms with van der Waals surface area (Å²) in [6.45, 7) is 3.92. The summed E-state index contributed by atoms with van der Waals surface area (Å²) < 4.78 is 0. The summed E-state index contributed by atoms with van der Waals surface area (Å²) in [6, 6.07) is 0.271. The van der Waals surface area contributed by atoms with Crippen molar-refractivity contribution >= 4 is 42.1 Å². The second-order valence-corrected chi connectivity index (χ2v) is 7.00. The molecule has 1 saturated carbocycles. The molecule has 0 radical (unpaired) electrons. The van der Waals surface area contributed by atoms with Gasteiger partial charge in [0.1, 0.15) is 4.88 Å². The molecule has 1 aliphatic carbocycles. The second kappa shape index (κ2) is 9.06. The maximum atomic E-state index is 12.4. The lowest BCUT2D eigenvalue weighted by Gasteiger charge is -2.23. The van der Waals surface area contributed by atoms with Crippen LogP contribution in [-0.4, -0.2) is 30.0 Å². The fourth-order valence-electron chi connectivity index (χ4n) is 3.20. The van der Waals surface area contributed by atoms with Crippen molar-refractivity contribution in [3.05, 3.63) is 15.6 Å². The summed E-state index contributed by atoms with van der Waals surface area (Å²) in [5.74, 6) is 0.662. The predicted octanol–water partition coefficient (Wildman–Crippen LogP) is 3.43. The normalized spacial score (nSPS) is 21.8. The third-order valence-corrected chi connectivity index (χ3v) is 5.67. The predicted molar refractivity (Wildman–Crippen MR) is 95.9 cm³/mol. The van der Waals surface area contributed by atoms with Gasteiger partial charge in [0.2, 0.25) is 0 Å². The smallest absolute Gasteiger partial charge is 0.263 e. The van der Waals surface area contributed by atoms with Crippen molar-refractivity contribution in [1.29, 1.82) is 0 Å². The molecule has 2 heterocycles. The van der Waals surface area contributed by atoms with Crippen molar-refractivity contribution in [3.8, 4) is 0 Å². The number of aromatic nitrogens is 1. The Morgan fingerprint density at radius 3 is 2.59 bits per heavy atom. The first-order chi connectivity index (χ1) is 9.74. The molecule has 22 heavy (non-hydrogen) atoms. The van der Waals surface area contributed by atoms with Gasteiger partial charge in [0, 0.05) is 18.5 Å². The summed E-state index contributed by atoms with van der Waals surface area (Å²) in [5.41, 5.74) is 0.901. The van der Waals surface area contributed by atoms with Crippen molar-refractivity contribution in [3.63, 3.8) is 0 Å². The van der Waals surface area contributed by atoms with Crippen molar-refractivity contribution in [1.82, 2.24) is 15.6 Å². The van der Waals surface area contributed by atoms with Crippen LogP contribution in [0, 0.1) is 6.92 Å². The molecular formula is C15H25Cl2N3OS. The van der Waals surface area contributed by atoms with Crippen molar-refractivity contribution < 1.29 is 4.79 Å². The molecule has 1 aromatic rings. The van der Waals surface area contributed by atoms with E-state index in [0.717, 1.165) is 36.5 Å². The molecule has 1 amide bonds. The topological polar surface area (TPSA) is 54.0 Å². The van der Waals surface area contributed by atoms with E-state index in [1.54, 1.807) is 11.3 Å². The van der Waals surface area contributed by atoms with E-state index in [2.05, 4.69) is 15.6 Å². The van der Waals surface area contributed by atoms with E-state index in [-0.39, 0.29) is 36.8 Å². The Morgan fingerprint density at radius 2 is 1.95 bits per heavy atom. The minimum atomic E-state index is 0. The number of aryl methyl sites for hydroxylation is 1. The molecule has 0 bridgehead atoms. The highest BCUT2D eigenvalue weighted by Crippen LogP contribution is 2.37. The standard InChI is InChI=1S/C15H23N3OS.2ClH/c1-10-13(14(19)18-12-7-4-8-16-9-12)20-15(17-10)11-5-2-3-6-11;;/h11-12,16H,2-9H2,1H3,(H,18,19);2*1H. The van der Waals surface area contributed by atoms with Gasteiger partial charge in [0.25, 0.3) is 5.91 Å². The second-order valence-electron chi connectivity index (χ2n) is 5.96. The number of piperidine rings is 1. The van der Waals surface area contributed by atoms with Crippen LogP contribution in [0.2, 0.25) is 0 Å². The molecule has 1 atom stereocenters. The van der Waals surface area contributed by atoms with Crippen LogP contribution in [0.15, 0.2) is 0 Å². The van der Waals surface area contributed by atoms with Crippen LogP contribution >= 0.6 is 36.2 Å². The fourth-order valence-corrected chi connectivity index (χ4v) is 4.34. The number of nitrogens with one attached hydrogen (secondary N) is 2. The van der Waals surface area contributed by atoms with Crippen LogP contribution in [0.5, 0.6) is 0 Å². The Bertz CT molecular complexity index is 483. The minimum absolute atomic E-state index is 0. The van der Waals surface area contributed by atoms with Crippen molar-refractivity contribution in [2.75, 3.05) is 13.1 Å². The van der Waals surface area contributed by atoms with Gasteiger partial charge >= 0.3 is 0 Å². The number of hydrogen-bond donors (Lipinski definition) is 2. The minimum Gasteiger partial charge on any atom is -0.347 e. The van der Waals surface area contributed by atoms with Crippen LogP contribution < -0.4 is 10.6 Å². The molecular weight excluding hydrogens is 341 g/mol. The summed E-state index contributed by atoms with van der Waals surface area (Å²) >= 11 is 1.61. The lowest BCUT2D eigenvalue weighted by molar-refractivity contribution is 0.0934. The van der Waals surface area contributed by atoms with Gasteiger partial charge in [0.15, 0.2) is 0 Å². The largest absolute Gasteiger partial charge is 0.347 e. The number of carbonyl (C=O) groups is 1. The number of thiazole rings is 1. The zero-order chi connectivity index (χ0) is 13.9. The fraction of sp³-hybridized carbons (Fsp3) is 0.733. The average molecular weight is 366 g/mol. The SMILES string of the molecule is Cc1nc(C2CCCC2)sc1C(=O)NC1CCCNC1.Cl.Cl. The molecule has 1 saturated heterocycles. The van der Waals surface area contributed by atoms with E-state index < -0.39 is 0 Å². The van der Waals surface area contributed by atoms with E-state index >= 15 is 0 Å². The molecule has 1 unspecified atom stereocenters. The quantitative estimate of drug-likeness (QED) is 0.862. The molecule has 0 aromatic carbocycles. The molecule has 4 nitrogen and oxygen atoms in total. The van der Waals surface area contributed by atoms with Gasteiger partial charge in [-0.2, -0.15) is 0 Å². The summed E-state index contributed by atoms with van der Waals surface area (Å²) in [6.07, 6.45) is 7.30. The van der Waals surface area contributed by atoms with Gasteiger partial charge in [-0.15, -0.1) is 36.2 Å². The van der Waals surface area contributed by atoms with E-state index in [0.29, 0.717) is 5.92 Å². The third kappa shape index (κ3) is 4.57. The number of hydrogen-bond acceptors (Lipinski definition) is 4. The molecule has 2 fully saturated rings. The maximum Gasteiger partial charge on any atom is 0.263 e. The van der Waals surface area contributed by atoms with Gasteiger partial charge in [-0.3, -0.25) is 4.79 Å². The monoisotopic (exact) mass is 365 g/mol. The first-order valence-electron chi connectivity index (χ1n) is 7.73. The lowest BCUT2D eigenvalue weighted by atomic mass is 10.1. The van der Waals surface area contributed by atoms with Crippen LogP contribution in [0.1, 0.15) is 64.8 Å². The molecule has 2 aliphatic rings. The van der Waals surface area contributed by atoms with Gasteiger partial charge in [-0.1, -0.05) is 12.8 Å². The van der Waals surface area contributed by atoms with Crippen LogP contribution in [0.4, 0.5) is 0 Å². The summed E-state index contributed by atoms with van der Waals surface area (Å²) in [7, 11) is 0. The zero-order valence-electron chi connectivity index (χ0n) is 12.9. The van der Waals surface area contributed by atoms with Crippen molar-refractivity contribution in [2.24, 2.45) is 0 Å². The van der Waals surface area contributed by atoms with E-state index in [4.69, 9.17) is 0 Å². The Kier molecular flexibility index (Phi) is 8.11. The Labute approximate surface area is 148 Å².